The fourth-order valence-electron chi connectivity index (χ4n) is 1.82. The van der Waals surface area contributed by atoms with Crippen molar-refractivity contribution in [3.63, 3.8) is 0 Å². The zero-order chi connectivity index (χ0) is 14.9. The zero-order valence-electron chi connectivity index (χ0n) is 10.4. The van der Waals surface area contributed by atoms with Crippen molar-refractivity contribution in [1.82, 2.24) is 9.97 Å². The summed E-state index contributed by atoms with van der Waals surface area (Å²) in [5.41, 5.74) is -2.13. The van der Waals surface area contributed by atoms with E-state index >= 15 is 0 Å². The minimum atomic E-state index is -4.71. The van der Waals surface area contributed by atoms with Crippen molar-refractivity contribution in [1.29, 1.82) is 0 Å². The Bertz CT molecular complexity index is 674. The first kappa shape index (κ1) is 14.2. The highest BCUT2D eigenvalue weighted by Gasteiger charge is 2.36. The highest BCUT2D eigenvalue weighted by molar-refractivity contribution is 5.29. The fraction of sp³-hybridized carbons (Fsp3) is 0.231. The van der Waals surface area contributed by atoms with Crippen molar-refractivity contribution >= 4 is 0 Å². The van der Waals surface area contributed by atoms with Crippen molar-refractivity contribution in [2.75, 3.05) is 0 Å². The number of aromatic amines is 1. The number of hydrogen-bond donors (Lipinski definition) is 1. The second-order valence-corrected chi connectivity index (χ2v) is 4.28. The number of aromatic nitrogens is 2. The smallest absolute Gasteiger partial charge is 0.311 e. The lowest BCUT2D eigenvalue weighted by Gasteiger charge is -2.11. The van der Waals surface area contributed by atoms with Crippen molar-refractivity contribution in [3.05, 3.63) is 63.1 Å². The van der Waals surface area contributed by atoms with Crippen LogP contribution in [0.5, 0.6) is 0 Å². The molecule has 0 saturated heterocycles. The zero-order valence-corrected chi connectivity index (χ0v) is 10.4. The maximum Gasteiger partial charge on any atom is 0.433 e. The van der Waals surface area contributed by atoms with E-state index in [-0.39, 0.29) is 12.2 Å². The van der Waals surface area contributed by atoms with Gasteiger partial charge in [-0.3, -0.25) is 4.79 Å². The summed E-state index contributed by atoms with van der Waals surface area (Å²) in [6, 6.07) is 4.90. The van der Waals surface area contributed by atoms with Gasteiger partial charge in [0.15, 0.2) is 5.69 Å². The lowest BCUT2D eigenvalue weighted by atomic mass is 10.0. The third-order valence-electron chi connectivity index (χ3n) is 2.70. The summed E-state index contributed by atoms with van der Waals surface area (Å²) >= 11 is 0. The molecule has 0 radical (unpaired) electrons. The molecule has 2 rings (SSSR count). The predicted molar refractivity (Wildman–Crippen MR) is 63.8 cm³/mol. The van der Waals surface area contributed by atoms with Crippen LogP contribution in [-0.2, 0) is 12.6 Å². The van der Waals surface area contributed by atoms with E-state index in [1.165, 1.54) is 19.1 Å². The van der Waals surface area contributed by atoms with Crippen molar-refractivity contribution < 1.29 is 17.6 Å². The van der Waals surface area contributed by atoms with E-state index in [1.807, 2.05) is 0 Å². The minimum Gasteiger partial charge on any atom is -0.311 e. The molecule has 3 nitrogen and oxygen atoms in total. The van der Waals surface area contributed by atoms with Crippen LogP contribution in [0.2, 0.25) is 0 Å². The van der Waals surface area contributed by atoms with Crippen molar-refractivity contribution in [3.8, 4) is 0 Å². The topological polar surface area (TPSA) is 45.8 Å². The van der Waals surface area contributed by atoms with E-state index in [2.05, 4.69) is 9.97 Å². The molecular formula is C13H10F4N2O. The predicted octanol–water partition coefficient (Wildman–Crippen LogP) is 2.83. The molecule has 0 spiro atoms. The molecule has 1 N–H and O–H groups in total. The Morgan fingerprint density at radius 1 is 1.20 bits per heavy atom. The Morgan fingerprint density at radius 3 is 2.35 bits per heavy atom. The first-order valence-electron chi connectivity index (χ1n) is 5.69. The summed E-state index contributed by atoms with van der Waals surface area (Å²) in [4.78, 5) is 17.3. The number of aryl methyl sites for hydroxylation is 1. The number of nitrogens with one attached hydrogen (secondary N) is 1. The summed E-state index contributed by atoms with van der Waals surface area (Å²) in [7, 11) is 0. The van der Waals surface area contributed by atoms with Crippen LogP contribution in [0.15, 0.2) is 29.1 Å². The maximum atomic E-state index is 12.9. The van der Waals surface area contributed by atoms with Gasteiger partial charge in [0, 0.05) is 6.42 Å². The molecule has 1 aromatic carbocycles. The largest absolute Gasteiger partial charge is 0.433 e. The van der Waals surface area contributed by atoms with Gasteiger partial charge in [0.05, 0.1) is 5.56 Å². The van der Waals surface area contributed by atoms with Crippen molar-refractivity contribution in [2.45, 2.75) is 19.5 Å². The minimum absolute atomic E-state index is 0.106. The molecule has 0 saturated carbocycles. The lowest BCUT2D eigenvalue weighted by molar-refractivity contribution is -0.142. The van der Waals surface area contributed by atoms with Crippen LogP contribution in [-0.4, -0.2) is 9.97 Å². The van der Waals surface area contributed by atoms with Gasteiger partial charge >= 0.3 is 6.18 Å². The molecule has 1 aromatic heterocycles. The SMILES string of the molecule is Cc1nc(C(F)(F)F)c(Cc2ccc(F)cc2)c(=O)[nH]1. The third-order valence-corrected chi connectivity index (χ3v) is 2.70. The van der Waals surface area contributed by atoms with E-state index in [9.17, 15) is 22.4 Å². The monoisotopic (exact) mass is 286 g/mol. The number of halogens is 4. The quantitative estimate of drug-likeness (QED) is 0.863. The summed E-state index contributed by atoms with van der Waals surface area (Å²) in [6.45, 7) is 1.28. The van der Waals surface area contributed by atoms with Gasteiger partial charge in [0.1, 0.15) is 11.6 Å². The summed E-state index contributed by atoms with van der Waals surface area (Å²) in [6.07, 6.45) is -4.98. The van der Waals surface area contributed by atoms with Crippen LogP contribution in [0.3, 0.4) is 0 Å². The molecule has 0 aliphatic rings. The van der Waals surface area contributed by atoms with Crippen LogP contribution in [0.1, 0.15) is 22.6 Å². The van der Waals surface area contributed by atoms with Gasteiger partial charge in [-0.15, -0.1) is 0 Å². The van der Waals surface area contributed by atoms with Gasteiger partial charge in [0.2, 0.25) is 0 Å². The number of alkyl halides is 3. The molecule has 0 unspecified atom stereocenters. The van der Waals surface area contributed by atoms with E-state index in [4.69, 9.17) is 0 Å². The summed E-state index contributed by atoms with van der Waals surface area (Å²) in [5, 5.41) is 0. The van der Waals surface area contributed by atoms with Gasteiger partial charge in [0.25, 0.3) is 5.56 Å². The molecule has 20 heavy (non-hydrogen) atoms. The fourth-order valence-corrected chi connectivity index (χ4v) is 1.82. The Morgan fingerprint density at radius 2 is 1.80 bits per heavy atom. The summed E-state index contributed by atoms with van der Waals surface area (Å²) in [5.74, 6) is -0.606. The van der Waals surface area contributed by atoms with E-state index in [0.717, 1.165) is 12.1 Å². The molecule has 0 aliphatic heterocycles. The van der Waals surface area contributed by atoms with Gasteiger partial charge in [-0.25, -0.2) is 9.37 Å². The number of rotatable bonds is 2. The average molecular weight is 286 g/mol. The second kappa shape index (κ2) is 5.07. The molecule has 0 amide bonds. The Balaban J connectivity index is 2.50. The van der Waals surface area contributed by atoms with E-state index in [0.29, 0.717) is 5.56 Å². The van der Waals surface area contributed by atoms with Gasteiger partial charge in [-0.2, -0.15) is 13.2 Å². The Labute approximate surface area is 111 Å². The average Bonchev–Trinajstić information content (AvgIpc) is 2.33. The van der Waals surface area contributed by atoms with Gasteiger partial charge in [-0.1, -0.05) is 12.1 Å². The second-order valence-electron chi connectivity index (χ2n) is 4.28. The van der Waals surface area contributed by atoms with Crippen LogP contribution in [0.4, 0.5) is 17.6 Å². The first-order chi connectivity index (χ1) is 9.27. The molecule has 0 fully saturated rings. The van der Waals surface area contributed by atoms with Crippen molar-refractivity contribution in [2.24, 2.45) is 0 Å². The molecule has 7 heteroatoms. The highest BCUT2D eigenvalue weighted by atomic mass is 19.4. The maximum absolute atomic E-state index is 12.9. The Kier molecular flexibility index (Phi) is 3.61. The molecule has 0 aliphatic carbocycles. The lowest BCUT2D eigenvalue weighted by Crippen LogP contribution is -2.24. The van der Waals surface area contributed by atoms with Gasteiger partial charge in [-0.05, 0) is 24.6 Å². The normalized spacial score (nSPS) is 11.7. The molecule has 1 heterocycles. The number of nitrogens with zero attached hydrogens (tertiary/aromatic N) is 1. The molecular weight excluding hydrogens is 276 g/mol. The Hall–Kier alpha value is -2.18. The molecule has 106 valence electrons. The number of benzene rings is 1. The van der Waals surface area contributed by atoms with E-state index < -0.39 is 28.8 Å². The van der Waals surface area contributed by atoms with Gasteiger partial charge < -0.3 is 4.98 Å². The molecule has 0 bridgehead atoms. The van der Waals surface area contributed by atoms with Crippen LogP contribution in [0, 0.1) is 12.7 Å². The summed E-state index contributed by atoms with van der Waals surface area (Å²) < 4.78 is 51.5. The van der Waals surface area contributed by atoms with E-state index in [1.54, 1.807) is 0 Å². The standard InChI is InChI=1S/C13H10F4N2O/c1-7-18-11(13(15,16)17)10(12(20)19-7)6-8-2-4-9(14)5-3-8/h2-5H,6H2,1H3,(H,18,19,20). The number of H-pyrrole nitrogens is 1. The molecule has 0 atom stereocenters. The first-order valence-corrected chi connectivity index (χ1v) is 5.69. The van der Waals surface area contributed by atoms with Crippen LogP contribution in [0.25, 0.3) is 0 Å². The van der Waals surface area contributed by atoms with Crippen LogP contribution >= 0.6 is 0 Å². The number of hydrogen-bond acceptors (Lipinski definition) is 2. The molecule has 2 aromatic rings. The van der Waals surface area contributed by atoms with Crippen LogP contribution < -0.4 is 5.56 Å². The third kappa shape index (κ3) is 3.04. The highest BCUT2D eigenvalue weighted by Crippen LogP contribution is 2.29.